The summed E-state index contributed by atoms with van der Waals surface area (Å²) in [5.41, 5.74) is 0.542. The van der Waals surface area contributed by atoms with Gasteiger partial charge in [0.05, 0.1) is 0 Å². The number of aromatic nitrogens is 2. The molecule has 1 amide bonds. The number of thioether (sulfide) groups is 1. The van der Waals surface area contributed by atoms with Gasteiger partial charge in [-0.25, -0.2) is 4.68 Å². The fourth-order valence-corrected chi connectivity index (χ4v) is 3.65. The molecule has 1 aliphatic heterocycles. The van der Waals surface area contributed by atoms with Gasteiger partial charge in [-0.3, -0.25) is 9.59 Å². The van der Waals surface area contributed by atoms with Crippen LogP contribution in [0.4, 0.5) is 5.82 Å². The monoisotopic (exact) mass is 378 g/mol. The summed E-state index contributed by atoms with van der Waals surface area (Å²) in [5.74, 6) is 2.54. The van der Waals surface area contributed by atoms with Gasteiger partial charge in [0.25, 0.3) is 5.56 Å². The minimum atomic E-state index is -0.289. The molecule has 0 spiro atoms. The van der Waals surface area contributed by atoms with Crippen LogP contribution in [0.15, 0.2) is 41.2 Å². The lowest BCUT2D eigenvalue weighted by Gasteiger charge is -2.27. The van der Waals surface area contributed by atoms with Gasteiger partial charge in [-0.2, -0.15) is 16.9 Å². The number of rotatable bonds is 5. The van der Waals surface area contributed by atoms with Crippen LogP contribution in [0.1, 0.15) is 5.56 Å². The highest BCUT2D eigenvalue weighted by Gasteiger charge is 2.14. The summed E-state index contributed by atoms with van der Waals surface area (Å²) in [4.78, 5) is 26.3. The second-order valence-electron chi connectivity index (χ2n) is 5.65. The van der Waals surface area contributed by atoms with Gasteiger partial charge in [0.15, 0.2) is 0 Å². The Morgan fingerprint density at radius 2 is 1.96 bits per heavy atom. The quantitative estimate of drug-likeness (QED) is 0.858. The van der Waals surface area contributed by atoms with E-state index in [1.165, 1.54) is 10.7 Å². The lowest BCUT2D eigenvalue weighted by Crippen LogP contribution is -2.37. The average Bonchev–Trinajstić information content (AvgIpc) is 2.63. The SMILES string of the molecule is O=C(Cn1nc(N2CCSCC2)ccc1=O)NCc1ccccc1Cl. The van der Waals surface area contributed by atoms with Crippen molar-refractivity contribution in [1.29, 1.82) is 0 Å². The van der Waals surface area contributed by atoms with Crippen LogP contribution < -0.4 is 15.8 Å². The Bertz CT molecular complexity index is 805. The van der Waals surface area contributed by atoms with Crippen molar-refractivity contribution in [2.75, 3.05) is 29.5 Å². The first-order valence-corrected chi connectivity index (χ1v) is 9.58. The van der Waals surface area contributed by atoms with Crippen LogP contribution in [0, 0.1) is 0 Å². The standard InChI is InChI=1S/C17H19ClN4O2S/c18-14-4-2-1-3-13(14)11-19-16(23)12-22-17(24)6-5-15(20-22)21-7-9-25-10-8-21/h1-6H,7-12H2,(H,19,23). The minimum absolute atomic E-state index is 0.111. The first kappa shape index (κ1) is 17.8. The number of carbonyl (C=O) groups excluding carboxylic acids is 1. The summed E-state index contributed by atoms with van der Waals surface area (Å²) in [6.07, 6.45) is 0. The largest absolute Gasteiger partial charge is 0.354 e. The molecule has 0 saturated carbocycles. The summed E-state index contributed by atoms with van der Waals surface area (Å²) in [7, 11) is 0. The van der Waals surface area contributed by atoms with E-state index in [9.17, 15) is 9.59 Å². The summed E-state index contributed by atoms with van der Waals surface area (Å²) >= 11 is 7.98. The third-order valence-electron chi connectivity index (χ3n) is 3.91. The average molecular weight is 379 g/mol. The third-order valence-corrected chi connectivity index (χ3v) is 5.23. The van der Waals surface area contributed by atoms with Gasteiger partial charge in [-0.1, -0.05) is 29.8 Å². The number of halogens is 1. The topological polar surface area (TPSA) is 67.2 Å². The molecule has 25 heavy (non-hydrogen) atoms. The Kier molecular flexibility index (Phi) is 5.99. The fourth-order valence-electron chi connectivity index (χ4n) is 2.54. The molecule has 2 aromatic rings. The molecule has 0 aliphatic carbocycles. The number of amides is 1. The van der Waals surface area contributed by atoms with Crippen molar-refractivity contribution in [2.45, 2.75) is 13.1 Å². The maximum atomic E-state index is 12.2. The zero-order valence-corrected chi connectivity index (χ0v) is 15.2. The van der Waals surface area contributed by atoms with Gasteiger partial charge in [0.2, 0.25) is 5.91 Å². The number of nitrogens with zero attached hydrogens (tertiary/aromatic N) is 3. The Balaban J connectivity index is 1.64. The summed E-state index contributed by atoms with van der Waals surface area (Å²) in [5, 5.41) is 7.72. The predicted molar refractivity (Wildman–Crippen MR) is 101 cm³/mol. The maximum absolute atomic E-state index is 12.2. The van der Waals surface area contributed by atoms with Crippen molar-refractivity contribution in [1.82, 2.24) is 15.1 Å². The fraction of sp³-hybridized carbons (Fsp3) is 0.353. The molecule has 1 aromatic carbocycles. The van der Waals surface area contributed by atoms with E-state index in [0.717, 1.165) is 36.0 Å². The Hall–Kier alpha value is -1.99. The molecule has 1 fully saturated rings. The second-order valence-corrected chi connectivity index (χ2v) is 7.29. The van der Waals surface area contributed by atoms with E-state index in [-0.39, 0.29) is 18.0 Å². The molecule has 1 aromatic heterocycles. The minimum Gasteiger partial charge on any atom is -0.354 e. The summed E-state index contributed by atoms with van der Waals surface area (Å²) < 4.78 is 1.21. The number of hydrogen-bond donors (Lipinski definition) is 1. The van der Waals surface area contributed by atoms with E-state index in [4.69, 9.17) is 11.6 Å². The molecule has 132 valence electrons. The van der Waals surface area contributed by atoms with Gasteiger partial charge in [-0.15, -0.1) is 0 Å². The smallest absolute Gasteiger partial charge is 0.267 e. The van der Waals surface area contributed by atoms with Crippen molar-refractivity contribution in [3.63, 3.8) is 0 Å². The van der Waals surface area contributed by atoms with Crippen LogP contribution in [-0.4, -0.2) is 40.3 Å². The van der Waals surface area contributed by atoms with Gasteiger partial charge in [0.1, 0.15) is 12.4 Å². The lowest BCUT2D eigenvalue weighted by atomic mass is 10.2. The number of nitrogens with one attached hydrogen (secondary N) is 1. The molecule has 0 bridgehead atoms. The Morgan fingerprint density at radius 1 is 1.20 bits per heavy atom. The molecule has 8 heteroatoms. The molecule has 1 N–H and O–H groups in total. The second kappa shape index (κ2) is 8.40. The van der Waals surface area contributed by atoms with Gasteiger partial charge >= 0.3 is 0 Å². The molecule has 1 saturated heterocycles. The summed E-state index contributed by atoms with van der Waals surface area (Å²) in [6.45, 7) is 2.00. The van der Waals surface area contributed by atoms with Crippen molar-refractivity contribution in [2.24, 2.45) is 0 Å². The Morgan fingerprint density at radius 3 is 2.72 bits per heavy atom. The van der Waals surface area contributed by atoms with Crippen molar-refractivity contribution in [3.05, 3.63) is 57.3 Å². The van der Waals surface area contributed by atoms with Gasteiger partial charge in [0, 0.05) is 42.2 Å². The molecule has 0 radical (unpaired) electrons. The van der Waals surface area contributed by atoms with E-state index < -0.39 is 0 Å². The van der Waals surface area contributed by atoms with E-state index in [0.29, 0.717) is 11.6 Å². The first-order chi connectivity index (χ1) is 12.1. The first-order valence-electron chi connectivity index (χ1n) is 8.04. The van der Waals surface area contributed by atoms with Gasteiger partial charge in [-0.05, 0) is 17.7 Å². The predicted octanol–water partition coefficient (Wildman–Crippen LogP) is 1.77. The Labute approximate surface area is 155 Å². The van der Waals surface area contributed by atoms with Crippen LogP contribution in [0.3, 0.4) is 0 Å². The maximum Gasteiger partial charge on any atom is 0.267 e. The van der Waals surface area contributed by atoms with E-state index in [1.54, 1.807) is 12.1 Å². The van der Waals surface area contributed by atoms with Gasteiger partial charge < -0.3 is 10.2 Å². The molecule has 6 nitrogen and oxygen atoms in total. The molecule has 3 rings (SSSR count). The van der Waals surface area contributed by atoms with E-state index in [1.807, 2.05) is 30.0 Å². The highest BCUT2D eigenvalue weighted by Crippen LogP contribution is 2.16. The highest BCUT2D eigenvalue weighted by molar-refractivity contribution is 7.99. The zero-order chi connectivity index (χ0) is 17.6. The molecular formula is C17H19ClN4O2S. The number of carbonyl (C=O) groups is 1. The van der Waals surface area contributed by atoms with Crippen LogP contribution in [0.5, 0.6) is 0 Å². The molecular weight excluding hydrogens is 360 g/mol. The molecule has 2 heterocycles. The number of anilines is 1. The molecule has 1 aliphatic rings. The zero-order valence-electron chi connectivity index (χ0n) is 13.7. The van der Waals surface area contributed by atoms with Crippen LogP contribution in [-0.2, 0) is 17.9 Å². The van der Waals surface area contributed by atoms with E-state index >= 15 is 0 Å². The number of hydrogen-bond acceptors (Lipinski definition) is 5. The molecule has 0 unspecified atom stereocenters. The van der Waals surface area contributed by atoms with Crippen LogP contribution in [0.25, 0.3) is 0 Å². The normalized spacial score (nSPS) is 14.4. The van der Waals surface area contributed by atoms with Crippen LogP contribution >= 0.6 is 23.4 Å². The van der Waals surface area contributed by atoms with Crippen molar-refractivity contribution >= 4 is 35.1 Å². The van der Waals surface area contributed by atoms with E-state index in [2.05, 4.69) is 15.3 Å². The summed E-state index contributed by atoms with van der Waals surface area (Å²) in [6, 6.07) is 10.5. The van der Waals surface area contributed by atoms with Crippen molar-refractivity contribution in [3.8, 4) is 0 Å². The molecule has 0 atom stereocenters. The number of benzene rings is 1. The lowest BCUT2D eigenvalue weighted by molar-refractivity contribution is -0.122. The van der Waals surface area contributed by atoms with Crippen LogP contribution in [0.2, 0.25) is 5.02 Å². The van der Waals surface area contributed by atoms with Crippen molar-refractivity contribution < 1.29 is 4.79 Å². The highest BCUT2D eigenvalue weighted by atomic mass is 35.5. The third kappa shape index (κ3) is 4.76.